The third kappa shape index (κ3) is 8.07. The number of piperidine rings is 1. The number of anilines is 1. The SMILES string of the molecule is CCC(c1ccc(C(F)(F)F)cc1CN(Cc1cc(C(F)(F)F)cc(C(F)(F)F)c1)c1nnn(C)n1)N1CCCC(c2noc(C)n2)C1. The highest BCUT2D eigenvalue weighted by molar-refractivity contribution is 5.42. The number of likely N-dealkylation sites (tertiary alicyclic amines) is 1. The average molecular weight is 691 g/mol. The number of tetrazole rings is 1. The van der Waals surface area contributed by atoms with Crippen LogP contribution in [0.1, 0.15) is 83.2 Å². The van der Waals surface area contributed by atoms with Gasteiger partial charge in [-0.15, -0.1) is 5.10 Å². The summed E-state index contributed by atoms with van der Waals surface area (Å²) in [5.41, 5.74) is -3.78. The van der Waals surface area contributed by atoms with E-state index in [-0.39, 0.29) is 30.0 Å². The summed E-state index contributed by atoms with van der Waals surface area (Å²) in [7, 11) is 1.39. The molecule has 0 bridgehead atoms. The van der Waals surface area contributed by atoms with E-state index < -0.39 is 53.4 Å². The summed E-state index contributed by atoms with van der Waals surface area (Å²) in [6.45, 7) is 3.65. The molecule has 0 aliphatic carbocycles. The molecule has 5 rings (SSSR count). The van der Waals surface area contributed by atoms with Gasteiger partial charge < -0.3 is 9.42 Å². The Labute approximate surface area is 268 Å². The van der Waals surface area contributed by atoms with Crippen molar-refractivity contribution in [1.82, 2.24) is 35.2 Å². The second-order valence-electron chi connectivity index (χ2n) is 11.7. The first-order valence-electron chi connectivity index (χ1n) is 14.9. The lowest BCUT2D eigenvalue weighted by Gasteiger charge is -2.38. The van der Waals surface area contributed by atoms with E-state index in [1.807, 2.05) is 6.92 Å². The fourth-order valence-corrected chi connectivity index (χ4v) is 6.03. The van der Waals surface area contributed by atoms with Crippen molar-refractivity contribution in [3.8, 4) is 0 Å². The maximum absolute atomic E-state index is 14.0. The number of hydrogen-bond donors (Lipinski definition) is 0. The van der Waals surface area contributed by atoms with E-state index in [0.717, 1.165) is 29.8 Å². The highest BCUT2D eigenvalue weighted by Gasteiger charge is 2.38. The number of halogens is 9. The molecule has 2 aromatic heterocycles. The molecule has 0 spiro atoms. The number of aromatic nitrogens is 6. The monoisotopic (exact) mass is 690 g/mol. The largest absolute Gasteiger partial charge is 0.416 e. The predicted octanol–water partition coefficient (Wildman–Crippen LogP) is 7.50. The lowest BCUT2D eigenvalue weighted by molar-refractivity contribution is -0.143. The summed E-state index contributed by atoms with van der Waals surface area (Å²) in [6, 6.07) is 4.00. The smallest absolute Gasteiger partial charge is 0.340 e. The number of aryl methyl sites for hydroxylation is 2. The number of benzene rings is 2. The summed E-state index contributed by atoms with van der Waals surface area (Å²) in [5.74, 6) is 0.636. The Morgan fingerprint density at radius 3 is 2.12 bits per heavy atom. The van der Waals surface area contributed by atoms with Gasteiger partial charge in [0.1, 0.15) is 0 Å². The second-order valence-corrected chi connectivity index (χ2v) is 11.7. The van der Waals surface area contributed by atoms with Crippen molar-refractivity contribution in [2.75, 3.05) is 18.0 Å². The van der Waals surface area contributed by atoms with E-state index in [2.05, 4.69) is 30.5 Å². The van der Waals surface area contributed by atoms with Gasteiger partial charge in [0.2, 0.25) is 5.89 Å². The molecule has 48 heavy (non-hydrogen) atoms. The van der Waals surface area contributed by atoms with Crippen molar-refractivity contribution in [1.29, 1.82) is 0 Å². The molecule has 2 unspecified atom stereocenters. The highest BCUT2D eigenvalue weighted by atomic mass is 19.4. The fraction of sp³-hybridized carbons (Fsp3) is 0.500. The van der Waals surface area contributed by atoms with Crippen LogP contribution < -0.4 is 4.90 Å². The van der Waals surface area contributed by atoms with Gasteiger partial charge in [-0.3, -0.25) is 4.90 Å². The van der Waals surface area contributed by atoms with Crippen LogP contribution in [0, 0.1) is 6.92 Å². The molecule has 0 radical (unpaired) electrons. The molecule has 4 aromatic rings. The van der Waals surface area contributed by atoms with E-state index in [1.165, 1.54) is 18.0 Å². The Kier molecular flexibility index (Phi) is 9.76. The third-order valence-electron chi connectivity index (χ3n) is 8.18. The third-order valence-corrected chi connectivity index (χ3v) is 8.18. The number of alkyl halides is 9. The van der Waals surface area contributed by atoms with Crippen LogP contribution in [0.3, 0.4) is 0 Å². The van der Waals surface area contributed by atoms with Crippen molar-refractivity contribution in [2.45, 2.75) is 76.7 Å². The molecule has 260 valence electrons. The van der Waals surface area contributed by atoms with Gasteiger partial charge in [-0.2, -0.15) is 49.3 Å². The maximum atomic E-state index is 14.0. The summed E-state index contributed by atoms with van der Waals surface area (Å²) >= 11 is 0. The fourth-order valence-electron chi connectivity index (χ4n) is 6.03. The van der Waals surface area contributed by atoms with Crippen LogP contribution in [0.25, 0.3) is 0 Å². The van der Waals surface area contributed by atoms with Crippen molar-refractivity contribution >= 4 is 5.95 Å². The molecule has 1 aliphatic rings. The van der Waals surface area contributed by atoms with Crippen LogP contribution in [0.4, 0.5) is 45.5 Å². The molecule has 0 saturated carbocycles. The molecule has 1 fully saturated rings. The molecule has 9 nitrogen and oxygen atoms in total. The van der Waals surface area contributed by atoms with E-state index in [1.54, 1.807) is 6.92 Å². The number of nitrogens with zero attached hydrogens (tertiary/aromatic N) is 8. The topological polar surface area (TPSA) is 89.0 Å². The van der Waals surface area contributed by atoms with Gasteiger partial charge in [0.15, 0.2) is 5.82 Å². The Morgan fingerprint density at radius 2 is 1.58 bits per heavy atom. The zero-order valence-electron chi connectivity index (χ0n) is 26.0. The molecular formula is C30H31F9N8O. The van der Waals surface area contributed by atoms with Gasteiger partial charge in [-0.05, 0) is 78.0 Å². The molecule has 18 heteroatoms. The van der Waals surface area contributed by atoms with Gasteiger partial charge >= 0.3 is 18.5 Å². The Hall–Kier alpha value is -4.22. The second kappa shape index (κ2) is 13.4. The first kappa shape index (κ1) is 35.1. The number of rotatable bonds is 9. The molecule has 1 aliphatic heterocycles. The highest BCUT2D eigenvalue weighted by Crippen LogP contribution is 2.39. The van der Waals surface area contributed by atoms with Crippen molar-refractivity contribution in [3.63, 3.8) is 0 Å². The number of hydrogen-bond acceptors (Lipinski definition) is 8. The van der Waals surface area contributed by atoms with Gasteiger partial charge in [0.25, 0.3) is 5.95 Å². The molecular weight excluding hydrogens is 659 g/mol. The van der Waals surface area contributed by atoms with E-state index in [4.69, 9.17) is 4.52 Å². The molecule has 3 heterocycles. The quantitative estimate of drug-likeness (QED) is 0.167. The van der Waals surface area contributed by atoms with Crippen molar-refractivity contribution in [3.05, 3.63) is 81.5 Å². The van der Waals surface area contributed by atoms with Crippen LogP contribution in [-0.2, 0) is 38.7 Å². The summed E-state index contributed by atoms with van der Waals surface area (Å²) in [5, 5.41) is 15.7. The van der Waals surface area contributed by atoms with Crippen molar-refractivity contribution < 1.29 is 44.0 Å². The first-order valence-corrected chi connectivity index (χ1v) is 14.9. The van der Waals surface area contributed by atoms with E-state index >= 15 is 0 Å². The predicted molar refractivity (Wildman–Crippen MR) is 152 cm³/mol. The van der Waals surface area contributed by atoms with Gasteiger partial charge in [0, 0.05) is 38.5 Å². The minimum Gasteiger partial charge on any atom is -0.340 e. The van der Waals surface area contributed by atoms with Crippen LogP contribution in [0.15, 0.2) is 40.9 Å². The molecule has 0 amide bonds. The average Bonchev–Trinajstić information content (AvgIpc) is 3.64. The summed E-state index contributed by atoms with van der Waals surface area (Å²) in [6.07, 6.45) is -12.9. The van der Waals surface area contributed by atoms with Gasteiger partial charge in [-0.1, -0.05) is 23.2 Å². The van der Waals surface area contributed by atoms with Crippen molar-refractivity contribution in [2.24, 2.45) is 7.05 Å². The summed E-state index contributed by atoms with van der Waals surface area (Å²) in [4.78, 5) is 8.67. The molecule has 1 saturated heterocycles. The van der Waals surface area contributed by atoms with Crippen LogP contribution >= 0.6 is 0 Å². The zero-order valence-corrected chi connectivity index (χ0v) is 26.0. The van der Waals surface area contributed by atoms with E-state index in [0.29, 0.717) is 48.9 Å². The molecule has 2 atom stereocenters. The zero-order chi connectivity index (χ0) is 35.0. The van der Waals surface area contributed by atoms with Crippen LogP contribution in [0.5, 0.6) is 0 Å². The summed E-state index contributed by atoms with van der Waals surface area (Å²) < 4.78 is 129. The maximum Gasteiger partial charge on any atom is 0.416 e. The first-order chi connectivity index (χ1) is 22.4. The van der Waals surface area contributed by atoms with Crippen LogP contribution in [-0.4, -0.2) is 48.3 Å². The normalized spacial score (nSPS) is 17.1. The molecule has 0 N–H and O–H groups in total. The minimum absolute atomic E-state index is 0.00689. The Bertz CT molecular complexity index is 1680. The Morgan fingerprint density at radius 1 is 0.917 bits per heavy atom. The Balaban J connectivity index is 1.56. The standard InChI is InChI=1S/C30H31F9N8O/c1-4-25(46-9-5-6-19(15-46)26-40-17(2)48-43-26)24-8-7-21(28(31,32)33)12-20(24)16-47(27-41-44-45(3)42-27)14-18-10-22(29(34,35)36)13-23(11-18)30(37,38)39/h7-8,10-13,19,25H,4-6,9,14-16H2,1-3H3. The minimum atomic E-state index is -5.10. The van der Waals surface area contributed by atoms with Gasteiger partial charge in [-0.25, -0.2) is 0 Å². The lowest BCUT2D eigenvalue weighted by Crippen LogP contribution is -2.38. The van der Waals surface area contributed by atoms with Gasteiger partial charge in [0.05, 0.1) is 23.7 Å². The van der Waals surface area contributed by atoms with E-state index in [9.17, 15) is 39.5 Å². The van der Waals surface area contributed by atoms with Crippen LogP contribution in [0.2, 0.25) is 0 Å². The molecule has 2 aromatic carbocycles. The lowest BCUT2D eigenvalue weighted by atomic mass is 9.90.